The van der Waals surface area contributed by atoms with E-state index in [1.165, 1.54) is 0 Å². The van der Waals surface area contributed by atoms with Crippen molar-refractivity contribution in [1.82, 2.24) is 10.4 Å². The summed E-state index contributed by atoms with van der Waals surface area (Å²) in [4.78, 5) is 17.5. The van der Waals surface area contributed by atoms with E-state index in [0.717, 1.165) is 22.3 Å². The minimum Gasteiger partial charge on any atom is -0.430 e. The van der Waals surface area contributed by atoms with Gasteiger partial charge >= 0.3 is 5.91 Å². The third kappa shape index (κ3) is 4.27. The highest BCUT2D eigenvalue weighted by Crippen LogP contribution is 2.38. The second-order valence-electron chi connectivity index (χ2n) is 7.56. The van der Waals surface area contributed by atoms with E-state index >= 15 is 0 Å². The average Bonchev–Trinajstić information content (AvgIpc) is 3.21. The molecule has 5 rings (SSSR count). The van der Waals surface area contributed by atoms with Crippen LogP contribution in [0.1, 0.15) is 16.1 Å². The van der Waals surface area contributed by atoms with Crippen molar-refractivity contribution in [2.24, 2.45) is 5.10 Å². The number of pyridine rings is 1. The van der Waals surface area contributed by atoms with Gasteiger partial charge in [-0.25, -0.2) is 10.4 Å². The molecule has 2 aromatic heterocycles. The van der Waals surface area contributed by atoms with Crippen LogP contribution in [0.3, 0.4) is 0 Å². The van der Waals surface area contributed by atoms with E-state index in [1.54, 1.807) is 18.3 Å². The maximum atomic E-state index is 12.8. The number of hydrogen-bond donors (Lipinski definition) is 2. The van der Waals surface area contributed by atoms with Crippen LogP contribution in [0.4, 0.5) is 5.69 Å². The molecule has 0 saturated carbocycles. The van der Waals surface area contributed by atoms with Gasteiger partial charge in [-0.3, -0.25) is 4.79 Å². The van der Waals surface area contributed by atoms with E-state index in [4.69, 9.17) is 21.8 Å². The van der Waals surface area contributed by atoms with Gasteiger partial charge in [0, 0.05) is 10.6 Å². The van der Waals surface area contributed by atoms with Crippen LogP contribution >= 0.6 is 11.6 Å². The van der Waals surface area contributed by atoms with Gasteiger partial charge < -0.3 is 10.2 Å². The molecule has 1 amide bonds. The summed E-state index contributed by atoms with van der Waals surface area (Å²) >= 11 is 6.05. The highest BCUT2D eigenvalue weighted by Gasteiger charge is 2.23. The fourth-order valence-corrected chi connectivity index (χ4v) is 3.78. The number of fused-ring (bicyclic) bond motifs is 1. The highest BCUT2D eigenvalue weighted by atomic mass is 35.5. The summed E-state index contributed by atoms with van der Waals surface area (Å²) < 4.78 is 5.86. The first kappa shape index (κ1) is 21.4. The van der Waals surface area contributed by atoms with Crippen molar-refractivity contribution < 1.29 is 9.21 Å². The molecule has 0 fully saturated rings. The van der Waals surface area contributed by atoms with Crippen LogP contribution in [0.25, 0.3) is 33.5 Å². The summed E-state index contributed by atoms with van der Waals surface area (Å²) in [7, 11) is 0. The van der Waals surface area contributed by atoms with E-state index in [2.05, 4.69) is 15.5 Å². The Labute approximate surface area is 200 Å². The lowest BCUT2D eigenvalue weighted by Crippen LogP contribution is -2.18. The van der Waals surface area contributed by atoms with E-state index in [1.807, 2.05) is 78.9 Å². The lowest BCUT2D eigenvalue weighted by Gasteiger charge is -2.08. The lowest BCUT2D eigenvalue weighted by atomic mass is 9.99. The predicted molar refractivity (Wildman–Crippen MR) is 136 cm³/mol. The molecule has 0 radical (unpaired) electrons. The largest absolute Gasteiger partial charge is 0.430 e. The van der Waals surface area contributed by atoms with Crippen LogP contribution in [0.5, 0.6) is 0 Å². The zero-order valence-corrected chi connectivity index (χ0v) is 18.7. The Morgan fingerprint density at radius 2 is 1.62 bits per heavy atom. The molecule has 0 aliphatic heterocycles. The maximum Gasteiger partial charge on any atom is 0.309 e. The standard InChI is InChI=1S/C27H19ClN4O2/c28-20-13-11-19(12-14-20)22-15-21(18-9-5-2-6-10-18)23-24(29)25(34-27(23)31-22)26(33)32-30-16-17-7-3-1-4-8-17/h1-16H,29H2,(H,32,33)/b30-16+. The number of nitrogens with zero attached hydrogens (tertiary/aromatic N) is 2. The van der Waals surface area contributed by atoms with Crippen molar-refractivity contribution in [2.75, 3.05) is 5.73 Å². The number of carbonyl (C=O) groups is 1. The molecule has 3 N–H and O–H groups in total. The Hall–Kier alpha value is -4.42. The Balaban J connectivity index is 1.58. The minimum atomic E-state index is -0.560. The first-order chi connectivity index (χ1) is 16.6. The number of nitrogen functional groups attached to an aromatic ring is 1. The summed E-state index contributed by atoms with van der Waals surface area (Å²) in [6, 6.07) is 28.4. The van der Waals surface area contributed by atoms with Crippen LogP contribution in [0.15, 0.2) is 101 Å². The monoisotopic (exact) mass is 466 g/mol. The first-order valence-electron chi connectivity index (χ1n) is 10.5. The second-order valence-corrected chi connectivity index (χ2v) is 8.00. The third-order valence-corrected chi connectivity index (χ3v) is 5.56. The van der Waals surface area contributed by atoms with Crippen molar-refractivity contribution in [1.29, 1.82) is 0 Å². The number of anilines is 1. The zero-order valence-electron chi connectivity index (χ0n) is 17.9. The zero-order chi connectivity index (χ0) is 23.5. The highest BCUT2D eigenvalue weighted by molar-refractivity contribution is 6.30. The number of aromatic nitrogens is 1. The number of halogens is 1. The summed E-state index contributed by atoms with van der Waals surface area (Å²) in [5, 5.41) is 5.21. The maximum absolute atomic E-state index is 12.8. The molecular formula is C27H19ClN4O2. The number of rotatable bonds is 5. The van der Waals surface area contributed by atoms with Gasteiger partial charge in [0.05, 0.1) is 23.0 Å². The van der Waals surface area contributed by atoms with Crippen molar-refractivity contribution in [3.05, 3.63) is 107 Å². The van der Waals surface area contributed by atoms with E-state index < -0.39 is 5.91 Å². The second kappa shape index (κ2) is 9.21. The van der Waals surface area contributed by atoms with Gasteiger partial charge in [0.2, 0.25) is 11.5 Å². The normalized spacial score (nSPS) is 11.2. The number of furan rings is 1. The van der Waals surface area contributed by atoms with E-state index in [9.17, 15) is 4.79 Å². The summed E-state index contributed by atoms with van der Waals surface area (Å²) in [6.45, 7) is 0. The van der Waals surface area contributed by atoms with Gasteiger partial charge in [0.1, 0.15) is 0 Å². The van der Waals surface area contributed by atoms with E-state index in [-0.39, 0.29) is 17.2 Å². The fraction of sp³-hybridized carbons (Fsp3) is 0. The van der Waals surface area contributed by atoms with Crippen molar-refractivity contribution in [3.63, 3.8) is 0 Å². The smallest absolute Gasteiger partial charge is 0.309 e. The van der Waals surface area contributed by atoms with Crippen LogP contribution in [-0.2, 0) is 0 Å². The molecule has 2 heterocycles. The number of hydrogen-bond acceptors (Lipinski definition) is 5. The van der Waals surface area contributed by atoms with Crippen LogP contribution in [0, 0.1) is 0 Å². The molecule has 0 bridgehead atoms. The topological polar surface area (TPSA) is 93.5 Å². The van der Waals surface area contributed by atoms with Crippen molar-refractivity contribution in [2.45, 2.75) is 0 Å². The van der Waals surface area contributed by atoms with Crippen molar-refractivity contribution >= 4 is 40.5 Å². The van der Waals surface area contributed by atoms with Gasteiger partial charge in [0.15, 0.2) is 0 Å². The van der Waals surface area contributed by atoms with Gasteiger partial charge in [0.25, 0.3) is 0 Å². The van der Waals surface area contributed by atoms with Crippen LogP contribution in [-0.4, -0.2) is 17.1 Å². The molecule has 0 aliphatic carbocycles. The molecule has 7 heteroatoms. The lowest BCUT2D eigenvalue weighted by molar-refractivity contribution is 0.0930. The summed E-state index contributed by atoms with van der Waals surface area (Å²) in [5.74, 6) is -0.604. The molecule has 3 aromatic carbocycles. The first-order valence-corrected chi connectivity index (χ1v) is 10.9. The fourth-order valence-electron chi connectivity index (χ4n) is 3.66. The number of carbonyl (C=O) groups excluding carboxylic acids is 1. The van der Waals surface area contributed by atoms with Gasteiger partial charge in [-0.1, -0.05) is 84.4 Å². The number of nitrogens with one attached hydrogen (secondary N) is 1. The Morgan fingerprint density at radius 3 is 2.32 bits per heavy atom. The van der Waals surface area contributed by atoms with Crippen LogP contribution in [0.2, 0.25) is 5.02 Å². The molecule has 0 aliphatic rings. The van der Waals surface area contributed by atoms with Crippen LogP contribution < -0.4 is 11.2 Å². The van der Waals surface area contributed by atoms with Crippen molar-refractivity contribution in [3.8, 4) is 22.4 Å². The SMILES string of the molecule is Nc1c(C(=O)N/N=C/c2ccccc2)oc2nc(-c3ccc(Cl)cc3)cc(-c3ccccc3)c12. The molecule has 166 valence electrons. The van der Waals surface area contributed by atoms with E-state index in [0.29, 0.717) is 16.1 Å². The van der Waals surface area contributed by atoms with Gasteiger partial charge in [-0.2, -0.15) is 5.10 Å². The predicted octanol–water partition coefficient (Wildman–Crippen LogP) is 6.16. The third-order valence-electron chi connectivity index (χ3n) is 5.31. The molecule has 6 nitrogen and oxygen atoms in total. The van der Waals surface area contributed by atoms with Gasteiger partial charge in [-0.05, 0) is 34.9 Å². The Kier molecular flexibility index (Phi) is 5.81. The molecule has 0 spiro atoms. The molecule has 0 unspecified atom stereocenters. The molecule has 0 atom stereocenters. The Bertz CT molecular complexity index is 1500. The molecular weight excluding hydrogens is 448 g/mol. The number of hydrazone groups is 1. The van der Waals surface area contributed by atoms with Gasteiger partial charge in [-0.15, -0.1) is 0 Å². The molecule has 34 heavy (non-hydrogen) atoms. The number of nitrogens with two attached hydrogens (primary N) is 1. The summed E-state index contributed by atoms with van der Waals surface area (Å²) in [5.41, 5.74) is 13.5. The average molecular weight is 467 g/mol. The Morgan fingerprint density at radius 1 is 0.941 bits per heavy atom. The number of amides is 1. The summed E-state index contributed by atoms with van der Waals surface area (Å²) in [6.07, 6.45) is 1.54. The minimum absolute atomic E-state index is 0.0434. The quantitative estimate of drug-likeness (QED) is 0.239. The number of benzene rings is 3. The molecule has 0 saturated heterocycles. The molecule has 5 aromatic rings.